The van der Waals surface area contributed by atoms with Crippen molar-refractivity contribution in [1.29, 1.82) is 0 Å². The number of anilines is 2. The first kappa shape index (κ1) is 15.2. The van der Waals surface area contributed by atoms with Gasteiger partial charge < -0.3 is 11.1 Å². The summed E-state index contributed by atoms with van der Waals surface area (Å²) in [7, 11) is 0. The lowest BCUT2D eigenvalue weighted by atomic mass is 10.3. The Labute approximate surface area is 123 Å². The molecule has 21 heavy (non-hydrogen) atoms. The predicted molar refractivity (Wildman–Crippen MR) is 76.5 cm³/mol. The number of hydrogen-bond acceptors (Lipinski definition) is 3. The van der Waals surface area contributed by atoms with Crippen LogP contribution in [0.1, 0.15) is 0 Å². The highest BCUT2D eigenvalue weighted by Crippen LogP contribution is 2.25. The number of nitrogens with two attached hydrogens (primary N) is 1. The Morgan fingerprint density at radius 1 is 1.05 bits per heavy atom. The molecule has 0 spiro atoms. The van der Waals surface area contributed by atoms with Crippen molar-refractivity contribution in [2.24, 2.45) is 0 Å². The van der Waals surface area contributed by atoms with Crippen LogP contribution in [0.4, 0.5) is 24.5 Å². The second-order valence-electron chi connectivity index (χ2n) is 4.18. The van der Waals surface area contributed by atoms with E-state index in [0.29, 0.717) is 16.6 Å². The van der Waals surface area contributed by atoms with Crippen LogP contribution in [0, 0.1) is 17.5 Å². The van der Waals surface area contributed by atoms with Crippen molar-refractivity contribution in [3.63, 3.8) is 0 Å². The normalized spacial score (nSPS) is 10.4. The molecule has 0 atom stereocenters. The molecule has 1 amide bonds. The molecule has 0 aliphatic heterocycles. The summed E-state index contributed by atoms with van der Waals surface area (Å²) < 4.78 is 39.0. The van der Waals surface area contributed by atoms with Crippen molar-refractivity contribution in [3.05, 3.63) is 53.8 Å². The molecule has 0 aliphatic carbocycles. The lowest BCUT2D eigenvalue weighted by molar-refractivity contribution is -0.113. The third-order valence-corrected chi connectivity index (χ3v) is 3.55. The third-order valence-electron chi connectivity index (χ3n) is 2.48. The average molecular weight is 312 g/mol. The van der Waals surface area contributed by atoms with E-state index in [1.54, 1.807) is 0 Å². The topological polar surface area (TPSA) is 55.1 Å². The Kier molecular flexibility index (Phi) is 4.74. The van der Waals surface area contributed by atoms with E-state index in [0.717, 1.165) is 23.9 Å². The quantitative estimate of drug-likeness (QED) is 0.672. The summed E-state index contributed by atoms with van der Waals surface area (Å²) in [4.78, 5) is 12.1. The van der Waals surface area contributed by atoms with E-state index in [2.05, 4.69) is 5.32 Å². The van der Waals surface area contributed by atoms with Gasteiger partial charge in [-0.05, 0) is 30.3 Å². The zero-order chi connectivity index (χ0) is 15.4. The SMILES string of the molecule is Nc1ccc(F)cc1SCC(=O)Nc1cc(F)cc(F)c1. The first-order chi connectivity index (χ1) is 9.94. The first-order valence-electron chi connectivity index (χ1n) is 5.88. The lowest BCUT2D eigenvalue weighted by Gasteiger charge is -2.07. The Balaban J connectivity index is 1.97. The molecular weight excluding hydrogens is 301 g/mol. The fraction of sp³-hybridized carbons (Fsp3) is 0.0714. The smallest absolute Gasteiger partial charge is 0.234 e. The van der Waals surface area contributed by atoms with Gasteiger partial charge in [-0.25, -0.2) is 13.2 Å². The van der Waals surface area contributed by atoms with E-state index < -0.39 is 23.4 Å². The van der Waals surface area contributed by atoms with Crippen LogP contribution in [0.3, 0.4) is 0 Å². The van der Waals surface area contributed by atoms with Crippen LogP contribution in [-0.2, 0) is 4.79 Å². The number of thioether (sulfide) groups is 1. The van der Waals surface area contributed by atoms with Gasteiger partial charge in [0.15, 0.2) is 0 Å². The van der Waals surface area contributed by atoms with Gasteiger partial charge in [0.05, 0.1) is 5.75 Å². The minimum atomic E-state index is -0.785. The van der Waals surface area contributed by atoms with Gasteiger partial charge in [-0.1, -0.05) is 0 Å². The Bertz CT molecular complexity index is 659. The largest absolute Gasteiger partial charge is 0.398 e. The summed E-state index contributed by atoms with van der Waals surface area (Å²) in [5.74, 6) is -2.57. The van der Waals surface area contributed by atoms with Gasteiger partial charge in [0.25, 0.3) is 0 Å². The molecule has 0 fully saturated rings. The van der Waals surface area contributed by atoms with Crippen LogP contribution in [0.5, 0.6) is 0 Å². The van der Waals surface area contributed by atoms with Crippen molar-refractivity contribution in [2.75, 3.05) is 16.8 Å². The molecule has 3 N–H and O–H groups in total. The molecule has 0 bridgehead atoms. The maximum Gasteiger partial charge on any atom is 0.234 e. The van der Waals surface area contributed by atoms with E-state index in [1.807, 2.05) is 0 Å². The minimum absolute atomic E-state index is 0.0188. The van der Waals surface area contributed by atoms with Gasteiger partial charge in [0.2, 0.25) is 5.91 Å². The van der Waals surface area contributed by atoms with Crippen LogP contribution in [-0.4, -0.2) is 11.7 Å². The molecule has 7 heteroatoms. The van der Waals surface area contributed by atoms with Crippen molar-refractivity contribution in [2.45, 2.75) is 4.90 Å². The predicted octanol–water partition coefficient (Wildman–Crippen LogP) is 3.42. The molecular formula is C14H11F3N2OS. The number of rotatable bonds is 4. The van der Waals surface area contributed by atoms with Crippen LogP contribution < -0.4 is 11.1 Å². The maximum absolute atomic E-state index is 13.1. The standard InChI is InChI=1S/C14H11F3N2OS/c15-8-1-2-12(18)13(6-8)21-7-14(20)19-11-4-9(16)3-10(17)5-11/h1-6H,7,18H2,(H,19,20). The van der Waals surface area contributed by atoms with Crippen LogP contribution >= 0.6 is 11.8 Å². The van der Waals surface area contributed by atoms with Crippen LogP contribution in [0.25, 0.3) is 0 Å². The zero-order valence-corrected chi connectivity index (χ0v) is 11.5. The molecule has 0 aliphatic rings. The number of hydrogen-bond donors (Lipinski definition) is 2. The molecule has 0 radical (unpaired) electrons. The van der Waals surface area contributed by atoms with Crippen molar-refractivity contribution < 1.29 is 18.0 Å². The van der Waals surface area contributed by atoms with E-state index in [1.165, 1.54) is 18.2 Å². The molecule has 110 valence electrons. The Hall–Kier alpha value is -2.15. The highest BCUT2D eigenvalue weighted by molar-refractivity contribution is 8.00. The Morgan fingerprint density at radius 2 is 1.71 bits per heavy atom. The first-order valence-corrected chi connectivity index (χ1v) is 6.86. The summed E-state index contributed by atoms with van der Waals surface area (Å²) in [6, 6.07) is 6.55. The van der Waals surface area contributed by atoms with Gasteiger partial charge in [-0.15, -0.1) is 11.8 Å². The zero-order valence-electron chi connectivity index (χ0n) is 10.7. The highest BCUT2D eigenvalue weighted by Gasteiger charge is 2.08. The third kappa shape index (κ3) is 4.42. The van der Waals surface area contributed by atoms with Crippen molar-refractivity contribution >= 4 is 29.0 Å². The number of nitrogen functional groups attached to an aromatic ring is 1. The molecule has 0 heterocycles. The highest BCUT2D eigenvalue weighted by atomic mass is 32.2. The summed E-state index contributed by atoms with van der Waals surface area (Å²) in [6.07, 6.45) is 0. The second-order valence-corrected chi connectivity index (χ2v) is 5.19. The maximum atomic E-state index is 13.1. The number of carbonyl (C=O) groups excluding carboxylic acids is 1. The molecule has 2 aromatic carbocycles. The molecule has 3 nitrogen and oxygen atoms in total. The molecule has 0 saturated heterocycles. The van der Waals surface area contributed by atoms with Crippen LogP contribution in [0.15, 0.2) is 41.3 Å². The summed E-state index contributed by atoms with van der Waals surface area (Å²) in [6.45, 7) is 0. The number of carbonyl (C=O) groups is 1. The number of halogens is 3. The molecule has 0 saturated carbocycles. The van der Waals surface area contributed by atoms with E-state index >= 15 is 0 Å². The number of nitrogens with one attached hydrogen (secondary N) is 1. The monoisotopic (exact) mass is 312 g/mol. The molecule has 2 rings (SSSR count). The van der Waals surface area contributed by atoms with Gasteiger partial charge in [-0.3, -0.25) is 4.79 Å². The minimum Gasteiger partial charge on any atom is -0.398 e. The van der Waals surface area contributed by atoms with Gasteiger partial charge >= 0.3 is 0 Å². The van der Waals surface area contributed by atoms with Gasteiger partial charge in [0, 0.05) is 22.3 Å². The fourth-order valence-electron chi connectivity index (χ4n) is 1.60. The average Bonchev–Trinajstić information content (AvgIpc) is 2.38. The van der Waals surface area contributed by atoms with E-state index in [9.17, 15) is 18.0 Å². The number of amides is 1. The molecule has 0 aromatic heterocycles. The van der Waals surface area contributed by atoms with Crippen LogP contribution in [0.2, 0.25) is 0 Å². The summed E-state index contributed by atoms with van der Waals surface area (Å²) in [5.41, 5.74) is 6.02. The molecule has 2 aromatic rings. The van der Waals surface area contributed by atoms with Gasteiger partial charge in [0.1, 0.15) is 17.5 Å². The summed E-state index contributed by atoms with van der Waals surface area (Å²) >= 11 is 1.03. The Morgan fingerprint density at radius 3 is 2.38 bits per heavy atom. The molecule has 0 unspecified atom stereocenters. The second kappa shape index (κ2) is 6.53. The van der Waals surface area contributed by atoms with Crippen molar-refractivity contribution in [1.82, 2.24) is 0 Å². The van der Waals surface area contributed by atoms with Crippen molar-refractivity contribution in [3.8, 4) is 0 Å². The van der Waals surface area contributed by atoms with E-state index in [-0.39, 0.29) is 11.4 Å². The summed E-state index contributed by atoms with van der Waals surface area (Å²) in [5, 5.41) is 2.35. The van der Waals surface area contributed by atoms with E-state index in [4.69, 9.17) is 5.73 Å². The number of benzene rings is 2. The fourth-order valence-corrected chi connectivity index (χ4v) is 2.39. The van der Waals surface area contributed by atoms with Gasteiger partial charge in [-0.2, -0.15) is 0 Å². The lowest BCUT2D eigenvalue weighted by Crippen LogP contribution is -2.14.